The minimum Gasteiger partial charge on any atom is -0.496 e. The van der Waals surface area contributed by atoms with Crippen molar-refractivity contribution in [2.24, 2.45) is 0 Å². The van der Waals surface area contributed by atoms with E-state index in [1.807, 2.05) is 26.8 Å². The molecule has 0 aliphatic carbocycles. The number of rotatable bonds is 2. The van der Waals surface area contributed by atoms with Crippen LogP contribution in [0.4, 0.5) is 0 Å². The lowest BCUT2D eigenvalue weighted by molar-refractivity contribution is -0.150. The van der Waals surface area contributed by atoms with E-state index in [1.54, 1.807) is 7.11 Å². The molecule has 0 spiro atoms. The molecule has 0 bridgehead atoms. The second kappa shape index (κ2) is 4.07. The molecule has 2 rings (SSSR count). The molecule has 0 unspecified atom stereocenters. The summed E-state index contributed by atoms with van der Waals surface area (Å²) in [4.78, 5) is 0. The fourth-order valence-corrected chi connectivity index (χ4v) is 2.17. The summed E-state index contributed by atoms with van der Waals surface area (Å²) in [5.41, 5.74) is 3.32. The molecule has 0 aromatic heterocycles. The van der Waals surface area contributed by atoms with Gasteiger partial charge in [-0.3, -0.25) is 0 Å². The molecule has 1 aromatic rings. The van der Waals surface area contributed by atoms with Gasteiger partial charge in [-0.25, -0.2) is 0 Å². The van der Waals surface area contributed by atoms with Gasteiger partial charge in [0.25, 0.3) is 0 Å². The molecule has 16 heavy (non-hydrogen) atoms. The molecule has 3 heteroatoms. The molecule has 1 fully saturated rings. The average Bonchev–Trinajstić information content (AvgIpc) is 2.69. The van der Waals surface area contributed by atoms with E-state index >= 15 is 0 Å². The lowest BCUT2D eigenvalue weighted by atomic mass is 9.98. The van der Waals surface area contributed by atoms with Crippen molar-refractivity contribution in [2.45, 2.75) is 26.6 Å². The SMILES string of the molecule is COc1cc(C)c(C2(C)OCCO2)cc1C. The van der Waals surface area contributed by atoms with Crippen LogP contribution in [0.3, 0.4) is 0 Å². The summed E-state index contributed by atoms with van der Waals surface area (Å²) in [5.74, 6) is 0.309. The third-order valence-electron chi connectivity index (χ3n) is 3.07. The van der Waals surface area contributed by atoms with Crippen molar-refractivity contribution in [1.82, 2.24) is 0 Å². The molecule has 1 heterocycles. The van der Waals surface area contributed by atoms with Gasteiger partial charge in [-0.15, -0.1) is 0 Å². The van der Waals surface area contributed by atoms with Crippen LogP contribution in [0, 0.1) is 13.8 Å². The van der Waals surface area contributed by atoms with Crippen molar-refractivity contribution < 1.29 is 14.2 Å². The number of hydrogen-bond donors (Lipinski definition) is 0. The van der Waals surface area contributed by atoms with Crippen LogP contribution in [-0.4, -0.2) is 20.3 Å². The Morgan fingerprint density at radius 3 is 2.31 bits per heavy atom. The van der Waals surface area contributed by atoms with Crippen LogP contribution < -0.4 is 4.74 Å². The first kappa shape index (κ1) is 11.4. The van der Waals surface area contributed by atoms with Gasteiger partial charge in [0, 0.05) is 5.56 Å². The van der Waals surface area contributed by atoms with E-state index in [1.165, 1.54) is 0 Å². The van der Waals surface area contributed by atoms with E-state index in [2.05, 4.69) is 6.07 Å². The van der Waals surface area contributed by atoms with Crippen LogP contribution in [0.1, 0.15) is 23.6 Å². The number of benzene rings is 1. The Balaban J connectivity index is 2.45. The van der Waals surface area contributed by atoms with Crippen LogP contribution in [0.5, 0.6) is 5.75 Å². The van der Waals surface area contributed by atoms with Gasteiger partial charge < -0.3 is 14.2 Å². The second-order valence-electron chi connectivity index (χ2n) is 4.28. The Hall–Kier alpha value is -1.06. The molecular formula is C13H18O3. The summed E-state index contributed by atoms with van der Waals surface area (Å²) in [5, 5.41) is 0. The van der Waals surface area contributed by atoms with Crippen molar-refractivity contribution in [3.8, 4) is 5.75 Å². The highest BCUT2D eigenvalue weighted by Gasteiger charge is 2.34. The molecule has 3 nitrogen and oxygen atoms in total. The van der Waals surface area contributed by atoms with Crippen LogP contribution in [0.15, 0.2) is 12.1 Å². The molecule has 1 aliphatic heterocycles. The Kier molecular flexibility index (Phi) is 2.91. The number of hydrogen-bond acceptors (Lipinski definition) is 3. The summed E-state index contributed by atoms with van der Waals surface area (Å²) in [6.07, 6.45) is 0. The maximum atomic E-state index is 5.67. The molecule has 1 aromatic carbocycles. The maximum absolute atomic E-state index is 5.67. The van der Waals surface area contributed by atoms with E-state index in [-0.39, 0.29) is 0 Å². The smallest absolute Gasteiger partial charge is 0.192 e. The fraction of sp³-hybridized carbons (Fsp3) is 0.538. The normalized spacial score (nSPS) is 18.8. The minimum absolute atomic E-state index is 0.596. The number of aryl methyl sites for hydroxylation is 2. The summed E-state index contributed by atoms with van der Waals surface area (Å²) in [6.45, 7) is 7.35. The summed E-state index contributed by atoms with van der Waals surface area (Å²) >= 11 is 0. The van der Waals surface area contributed by atoms with Gasteiger partial charge in [0.15, 0.2) is 5.79 Å². The van der Waals surface area contributed by atoms with Crippen LogP contribution in [-0.2, 0) is 15.3 Å². The molecule has 0 radical (unpaired) electrons. The second-order valence-corrected chi connectivity index (χ2v) is 4.28. The van der Waals surface area contributed by atoms with Gasteiger partial charge in [0.1, 0.15) is 5.75 Å². The van der Waals surface area contributed by atoms with Gasteiger partial charge in [0.2, 0.25) is 0 Å². The third-order valence-corrected chi connectivity index (χ3v) is 3.07. The molecule has 0 atom stereocenters. The maximum Gasteiger partial charge on any atom is 0.192 e. The molecule has 0 saturated carbocycles. The molecule has 1 aliphatic rings. The lowest BCUT2D eigenvalue weighted by Gasteiger charge is -2.25. The topological polar surface area (TPSA) is 27.7 Å². The van der Waals surface area contributed by atoms with E-state index in [9.17, 15) is 0 Å². The molecule has 0 N–H and O–H groups in total. The summed E-state index contributed by atoms with van der Waals surface area (Å²) < 4.78 is 16.6. The first-order chi connectivity index (χ1) is 7.57. The average molecular weight is 222 g/mol. The molecule has 0 amide bonds. The van der Waals surface area contributed by atoms with Crippen molar-refractivity contribution in [1.29, 1.82) is 0 Å². The highest BCUT2D eigenvalue weighted by atomic mass is 16.7. The molecule has 88 valence electrons. The van der Waals surface area contributed by atoms with Crippen LogP contribution in [0.25, 0.3) is 0 Å². The largest absolute Gasteiger partial charge is 0.496 e. The number of ether oxygens (including phenoxy) is 3. The predicted molar refractivity (Wildman–Crippen MR) is 61.7 cm³/mol. The van der Waals surface area contributed by atoms with Crippen LogP contribution >= 0.6 is 0 Å². The highest BCUT2D eigenvalue weighted by Crippen LogP contribution is 2.35. The van der Waals surface area contributed by atoms with Gasteiger partial charge in [-0.05, 0) is 44.0 Å². The van der Waals surface area contributed by atoms with E-state index in [4.69, 9.17) is 14.2 Å². The fourth-order valence-electron chi connectivity index (χ4n) is 2.17. The Bertz CT molecular complexity index is 392. The zero-order chi connectivity index (χ0) is 11.8. The van der Waals surface area contributed by atoms with Crippen molar-refractivity contribution in [3.05, 3.63) is 28.8 Å². The van der Waals surface area contributed by atoms with Gasteiger partial charge >= 0.3 is 0 Å². The Morgan fingerprint density at radius 1 is 1.12 bits per heavy atom. The van der Waals surface area contributed by atoms with Crippen LogP contribution in [0.2, 0.25) is 0 Å². The highest BCUT2D eigenvalue weighted by molar-refractivity contribution is 5.43. The Morgan fingerprint density at radius 2 is 1.75 bits per heavy atom. The lowest BCUT2D eigenvalue weighted by Crippen LogP contribution is -2.23. The monoisotopic (exact) mass is 222 g/mol. The Labute approximate surface area is 96.3 Å². The summed E-state index contributed by atoms with van der Waals surface area (Å²) in [6, 6.07) is 4.11. The zero-order valence-electron chi connectivity index (χ0n) is 10.3. The molecule has 1 saturated heterocycles. The first-order valence-corrected chi connectivity index (χ1v) is 5.50. The molecular weight excluding hydrogens is 204 g/mol. The van der Waals surface area contributed by atoms with Crippen molar-refractivity contribution in [3.63, 3.8) is 0 Å². The minimum atomic E-state index is -0.596. The number of methoxy groups -OCH3 is 1. The van der Waals surface area contributed by atoms with Gasteiger partial charge in [-0.2, -0.15) is 0 Å². The quantitative estimate of drug-likeness (QED) is 0.769. The van der Waals surface area contributed by atoms with Crippen molar-refractivity contribution >= 4 is 0 Å². The van der Waals surface area contributed by atoms with Gasteiger partial charge in [-0.1, -0.05) is 0 Å². The predicted octanol–water partition coefficient (Wildman–Crippen LogP) is 2.53. The zero-order valence-corrected chi connectivity index (χ0v) is 10.3. The van der Waals surface area contributed by atoms with E-state index in [0.29, 0.717) is 13.2 Å². The van der Waals surface area contributed by atoms with E-state index in [0.717, 1.165) is 22.4 Å². The third kappa shape index (κ3) is 1.81. The van der Waals surface area contributed by atoms with E-state index < -0.39 is 5.79 Å². The van der Waals surface area contributed by atoms with Gasteiger partial charge in [0.05, 0.1) is 20.3 Å². The summed E-state index contributed by atoms with van der Waals surface area (Å²) in [7, 11) is 1.69. The van der Waals surface area contributed by atoms with Crippen molar-refractivity contribution in [2.75, 3.05) is 20.3 Å². The standard InChI is InChI=1S/C13H18O3/c1-9-8-12(14-4)10(2)7-11(9)13(3)15-5-6-16-13/h7-8H,5-6H2,1-4H3. The first-order valence-electron chi connectivity index (χ1n) is 5.50.